The summed E-state index contributed by atoms with van der Waals surface area (Å²) >= 11 is 0. The molecular formula is C22H27N5O2. The molecule has 1 aromatic carbocycles. The third-order valence-corrected chi connectivity index (χ3v) is 5.97. The van der Waals surface area contributed by atoms with Crippen LogP contribution >= 0.6 is 0 Å². The lowest BCUT2D eigenvalue weighted by Gasteiger charge is -2.50. The Morgan fingerprint density at radius 1 is 1.21 bits per heavy atom. The van der Waals surface area contributed by atoms with Gasteiger partial charge in [0.2, 0.25) is 11.9 Å². The number of nitrogens with two attached hydrogens (primary N) is 1. The van der Waals surface area contributed by atoms with Gasteiger partial charge in [-0.1, -0.05) is 30.3 Å². The van der Waals surface area contributed by atoms with E-state index in [2.05, 4.69) is 14.9 Å². The van der Waals surface area contributed by atoms with Crippen LogP contribution in [0, 0.1) is 5.41 Å². The zero-order valence-electron chi connectivity index (χ0n) is 16.4. The number of piperidine rings is 2. The average Bonchev–Trinajstić information content (AvgIpc) is 2.75. The molecule has 0 radical (unpaired) electrons. The first kappa shape index (κ1) is 19.4. The van der Waals surface area contributed by atoms with Crippen LogP contribution < -0.4 is 10.6 Å². The second kappa shape index (κ2) is 8.21. The number of carbonyl (C=O) groups excluding carboxylic acids is 1. The molecule has 7 nitrogen and oxygen atoms in total. The predicted molar refractivity (Wildman–Crippen MR) is 113 cm³/mol. The van der Waals surface area contributed by atoms with Crippen LogP contribution in [0.2, 0.25) is 0 Å². The Kier molecular flexibility index (Phi) is 5.49. The van der Waals surface area contributed by atoms with E-state index in [1.165, 1.54) is 0 Å². The lowest BCUT2D eigenvalue weighted by Crippen LogP contribution is -2.60. The largest absolute Gasteiger partial charge is 0.392 e. The molecule has 0 aliphatic carbocycles. The molecule has 2 fully saturated rings. The number of aliphatic hydroxyl groups excluding tert-OH is 1. The summed E-state index contributed by atoms with van der Waals surface area (Å²) in [5.41, 5.74) is 6.44. The lowest BCUT2D eigenvalue weighted by molar-refractivity contribution is -0.132. The maximum absolute atomic E-state index is 12.8. The summed E-state index contributed by atoms with van der Waals surface area (Å²) in [6.07, 6.45) is 7.04. The first-order valence-electron chi connectivity index (χ1n) is 10.1. The van der Waals surface area contributed by atoms with Crippen molar-refractivity contribution in [2.75, 3.05) is 36.8 Å². The number of nitrogens with zero attached hydrogens (tertiary/aromatic N) is 4. The van der Waals surface area contributed by atoms with Crippen molar-refractivity contribution >= 4 is 23.7 Å². The van der Waals surface area contributed by atoms with Crippen LogP contribution in [0.4, 0.5) is 11.8 Å². The highest BCUT2D eigenvalue weighted by Crippen LogP contribution is 2.39. The van der Waals surface area contributed by atoms with Crippen molar-refractivity contribution in [2.45, 2.75) is 25.4 Å². The fourth-order valence-corrected chi connectivity index (χ4v) is 4.42. The van der Waals surface area contributed by atoms with Crippen molar-refractivity contribution in [1.29, 1.82) is 0 Å². The van der Waals surface area contributed by atoms with E-state index in [-0.39, 0.29) is 11.3 Å². The van der Waals surface area contributed by atoms with Crippen LogP contribution in [-0.4, -0.2) is 58.2 Å². The van der Waals surface area contributed by atoms with Crippen molar-refractivity contribution < 1.29 is 9.90 Å². The number of rotatable bonds is 3. The fraction of sp³-hybridized carbons (Fsp3) is 0.409. The van der Waals surface area contributed by atoms with Crippen molar-refractivity contribution in [3.63, 3.8) is 0 Å². The van der Waals surface area contributed by atoms with Crippen LogP contribution in [-0.2, 0) is 4.79 Å². The minimum absolute atomic E-state index is 0.0162. The third kappa shape index (κ3) is 4.24. The van der Waals surface area contributed by atoms with Gasteiger partial charge in [0.25, 0.3) is 0 Å². The summed E-state index contributed by atoms with van der Waals surface area (Å²) in [4.78, 5) is 25.4. The number of amides is 1. The van der Waals surface area contributed by atoms with E-state index in [0.29, 0.717) is 44.4 Å². The summed E-state index contributed by atoms with van der Waals surface area (Å²) in [5, 5.41) is 10.9. The molecule has 1 amide bonds. The molecule has 2 aliphatic rings. The normalized spacial score (nSPS) is 24.9. The molecule has 1 aromatic heterocycles. The van der Waals surface area contributed by atoms with Crippen LogP contribution in [0.5, 0.6) is 0 Å². The Morgan fingerprint density at radius 3 is 2.83 bits per heavy atom. The highest BCUT2D eigenvalue weighted by molar-refractivity contribution is 5.91. The molecule has 2 saturated heterocycles. The average molecular weight is 393 g/mol. The topological polar surface area (TPSA) is 95.6 Å². The van der Waals surface area contributed by atoms with E-state index in [1.807, 2.05) is 41.3 Å². The molecule has 3 N–H and O–H groups in total. The van der Waals surface area contributed by atoms with Gasteiger partial charge in [-0.2, -0.15) is 4.98 Å². The maximum Gasteiger partial charge on any atom is 0.246 e. The molecule has 0 unspecified atom stereocenters. The van der Waals surface area contributed by atoms with E-state index < -0.39 is 6.10 Å². The van der Waals surface area contributed by atoms with E-state index in [1.54, 1.807) is 18.3 Å². The highest BCUT2D eigenvalue weighted by atomic mass is 16.3. The highest BCUT2D eigenvalue weighted by Gasteiger charge is 2.46. The second-order valence-corrected chi connectivity index (χ2v) is 7.98. The SMILES string of the molecule is Nc1ccnc(N2CC[C@@H](O)[C@]3(CCCN(C(=O)/C=C/c4ccccc4)C3)C2)n1. The molecule has 2 aliphatic heterocycles. The van der Waals surface area contributed by atoms with Gasteiger partial charge in [0.15, 0.2) is 0 Å². The Hall–Kier alpha value is -2.93. The molecule has 0 saturated carbocycles. The molecule has 0 bridgehead atoms. The Labute approximate surface area is 170 Å². The molecule has 2 atom stereocenters. The fourth-order valence-electron chi connectivity index (χ4n) is 4.42. The van der Waals surface area contributed by atoms with Crippen LogP contribution in [0.15, 0.2) is 48.7 Å². The van der Waals surface area contributed by atoms with E-state index in [4.69, 9.17) is 5.73 Å². The van der Waals surface area contributed by atoms with E-state index in [0.717, 1.165) is 18.4 Å². The Morgan fingerprint density at radius 2 is 2.03 bits per heavy atom. The number of anilines is 2. The van der Waals surface area contributed by atoms with Gasteiger partial charge in [0.1, 0.15) is 5.82 Å². The number of nitrogen functional groups attached to an aromatic ring is 1. The standard InChI is InChI=1S/C22H27N5O2/c23-19-9-12-24-21(25-19)27-14-10-18(28)22(16-27)11-4-13-26(15-22)20(29)8-7-17-5-2-1-3-6-17/h1-3,5-9,12,18,28H,4,10-11,13-16H2,(H2,23,24,25)/b8-7+/t18-,22+/m1/s1. The van der Waals surface area contributed by atoms with Crippen LogP contribution in [0.1, 0.15) is 24.8 Å². The zero-order valence-corrected chi connectivity index (χ0v) is 16.4. The minimum Gasteiger partial charge on any atom is -0.392 e. The number of aromatic nitrogens is 2. The molecule has 2 aromatic rings. The minimum atomic E-state index is -0.450. The van der Waals surface area contributed by atoms with Crippen molar-refractivity contribution in [3.05, 3.63) is 54.2 Å². The van der Waals surface area contributed by atoms with E-state index >= 15 is 0 Å². The third-order valence-electron chi connectivity index (χ3n) is 5.97. The number of hydrogen-bond acceptors (Lipinski definition) is 6. The molecule has 29 heavy (non-hydrogen) atoms. The van der Waals surface area contributed by atoms with Gasteiger partial charge in [-0.05, 0) is 37.0 Å². The summed E-state index contributed by atoms with van der Waals surface area (Å²) in [5.74, 6) is 1.00. The number of benzene rings is 1. The first-order chi connectivity index (χ1) is 14.1. The van der Waals surface area contributed by atoms with E-state index in [9.17, 15) is 9.90 Å². The summed E-state index contributed by atoms with van der Waals surface area (Å²) in [7, 11) is 0. The monoisotopic (exact) mass is 393 g/mol. The maximum atomic E-state index is 12.8. The molecule has 3 heterocycles. The number of aliphatic hydroxyl groups is 1. The smallest absolute Gasteiger partial charge is 0.246 e. The lowest BCUT2D eigenvalue weighted by atomic mass is 9.71. The van der Waals surface area contributed by atoms with Crippen molar-refractivity contribution in [3.8, 4) is 0 Å². The summed E-state index contributed by atoms with van der Waals surface area (Å²) in [6.45, 7) is 2.53. The zero-order chi connectivity index (χ0) is 20.3. The molecule has 7 heteroatoms. The summed E-state index contributed by atoms with van der Waals surface area (Å²) in [6, 6.07) is 11.5. The van der Waals surface area contributed by atoms with Gasteiger partial charge in [-0.15, -0.1) is 0 Å². The number of likely N-dealkylation sites (tertiary alicyclic amines) is 1. The van der Waals surface area contributed by atoms with Gasteiger partial charge in [-0.25, -0.2) is 4.98 Å². The quantitative estimate of drug-likeness (QED) is 0.774. The van der Waals surface area contributed by atoms with Gasteiger partial charge in [0, 0.05) is 43.9 Å². The Bertz CT molecular complexity index is 888. The first-order valence-corrected chi connectivity index (χ1v) is 10.1. The molecule has 4 rings (SSSR count). The predicted octanol–water partition coefficient (Wildman–Crippen LogP) is 1.95. The van der Waals surface area contributed by atoms with Gasteiger partial charge in [0.05, 0.1) is 6.10 Å². The van der Waals surface area contributed by atoms with Gasteiger partial charge in [-0.3, -0.25) is 4.79 Å². The molecule has 152 valence electrons. The number of hydrogen-bond donors (Lipinski definition) is 2. The Balaban J connectivity index is 1.49. The van der Waals surface area contributed by atoms with Crippen molar-refractivity contribution in [1.82, 2.24) is 14.9 Å². The van der Waals surface area contributed by atoms with Gasteiger partial charge < -0.3 is 20.6 Å². The van der Waals surface area contributed by atoms with Crippen molar-refractivity contribution in [2.24, 2.45) is 5.41 Å². The van der Waals surface area contributed by atoms with Crippen LogP contribution in [0.3, 0.4) is 0 Å². The van der Waals surface area contributed by atoms with Gasteiger partial charge >= 0.3 is 0 Å². The summed E-state index contributed by atoms with van der Waals surface area (Å²) < 4.78 is 0. The number of carbonyl (C=O) groups is 1. The molecule has 1 spiro atoms. The molecular weight excluding hydrogens is 366 g/mol. The second-order valence-electron chi connectivity index (χ2n) is 7.98. The van der Waals surface area contributed by atoms with Crippen LogP contribution in [0.25, 0.3) is 6.08 Å².